The molecule has 1 saturated carbocycles. The molecule has 1 aliphatic carbocycles. The van der Waals surface area contributed by atoms with Crippen molar-refractivity contribution in [3.8, 4) is 16.9 Å². The lowest BCUT2D eigenvalue weighted by atomic mass is 10.1. The van der Waals surface area contributed by atoms with Crippen molar-refractivity contribution in [1.82, 2.24) is 4.90 Å². The van der Waals surface area contributed by atoms with Gasteiger partial charge < -0.3 is 9.64 Å². The Labute approximate surface area is 141 Å². The van der Waals surface area contributed by atoms with Crippen molar-refractivity contribution in [3.05, 3.63) is 53.6 Å². The number of ether oxygens (including phenoxy) is 1. The Balaban J connectivity index is 1.65. The SMILES string of the molecule is CCN(C(=O)COc1ccc(-c2ccccc2)cc1Cl)C1CC1. The molecule has 1 fully saturated rings. The Morgan fingerprint density at radius 3 is 2.52 bits per heavy atom. The highest BCUT2D eigenvalue weighted by Gasteiger charge is 2.31. The molecule has 0 unspecified atom stereocenters. The molecule has 23 heavy (non-hydrogen) atoms. The molecular weight excluding hydrogens is 310 g/mol. The van der Waals surface area contributed by atoms with Gasteiger partial charge in [0.25, 0.3) is 5.91 Å². The highest BCUT2D eigenvalue weighted by Crippen LogP contribution is 2.31. The molecule has 0 aliphatic heterocycles. The largest absolute Gasteiger partial charge is 0.482 e. The molecule has 0 atom stereocenters. The third kappa shape index (κ3) is 3.85. The van der Waals surface area contributed by atoms with Crippen LogP contribution >= 0.6 is 11.6 Å². The Morgan fingerprint density at radius 1 is 1.17 bits per heavy atom. The number of hydrogen-bond donors (Lipinski definition) is 0. The second kappa shape index (κ2) is 7.05. The number of amides is 1. The predicted molar refractivity (Wildman–Crippen MR) is 92.8 cm³/mol. The number of hydrogen-bond acceptors (Lipinski definition) is 2. The fourth-order valence-electron chi connectivity index (χ4n) is 2.67. The number of likely N-dealkylation sites (N-methyl/N-ethyl adjacent to an activating group) is 1. The molecule has 0 saturated heterocycles. The normalized spacial score (nSPS) is 13.7. The van der Waals surface area contributed by atoms with Gasteiger partial charge in [0.2, 0.25) is 0 Å². The predicted octanol–water partition coefficient (Wildman–Crippen LogP) is 4.40. The molecule has 0 spiro atoms. The third-order valence-corrected chi connectivity index (χ3v) is 4.33. The van der Waals surface area contributed by atoms with Gasteiger partial charge in [0, 0.05) is 12.6 Å². The zero-order chi connectivity index (χ0) is 16.2. The van der Waals surface area contributed by atoms with E-state index in [0.29, 0.717) is 16.8 Å². The molecule has 0 bridgehead atoms. The third-order valence-electron chi connectivity index (χ3n) is 4.04. The minimum Gasteiger partial charge on any atom is -0.482 e. The Morgan fingerprint density at radius 2 is 1.91 bits per heavy atom. The Bertz CT molecular complexity index is 683. The van der Waals surface area contributed by atoms with E-state index in [0.717, 1.165) is 30.5 Å². The van der Waals surface area contributed by atoms with Gasteiger partial charge in [0.05, 0.1) is 5.02 Å². The van der Waals surface area contributed by atoms with Gasteiger partial charge >= 0.3 is 0 Å². The second-order valence-electron chi connectivity index (χ2n) is 5.71. The van der Waals surface area contributed by atoms with Crippen molar-refractivity contribution in [3.63, 3.8) is 0 Å². The van der Waals surface area contributed by atoms with E-state index >= 15 is 0 Å². The van der Waals surface area contributed by atoms with Crippen LogP contribution in [-0.2, 0) is 4.79 Å². The van der Waals surface area contributed by atoms with Gasteiger partial charge in [-0.3, -0.25) is 4.79 Å². The second-order valence-corrected chi connectivity index (χ2v) is 6.12. The van der Waals surface area contributed by atoms with E-state index in [1.165, 1.54) is 0 Å². The Kier molecular flexibility index (Phi) is 4.87. The summed E-state index contributed by atoms with van der Waals surface area (Å²) in [6, 6.07) is 16.1. The number of rotatable bonds is 6. The van der Waals surface area contributed by atoms with Crippen molar-refractivity contribution >= 4 is 17.5 Å². The molecule has 1 amide bonds. The fraction of sp³-hybridized carbons (Fsp3) is 0.316. The summed E-state index contributed by atoms with van der Waals surface area (Å²) in [6.45, 7) is 2.76. The fourth-order valence-corrected chi connectivity index (χ4v) is 2.91. The first-order valence-corrected chi connectivity index (χ1v) is 8.34. The lowest BCUT2D eigenvalue weighted by molar-refractivity contribution is -0.133. The van der Waals surface area contributed by atoms with Crippen LogP contribution < -0.4 is 4.74 Å². The van der Waals surface area contributed by atoms with Crippen molar-refractivity contribution in [1.29, 1.82) is 0 Å². The van der Waals surface area contributed by atoms with Crippen LogP contribution in [0, 0.1) is 0 Å². The molecule has 0 heterocycles. The molecule has 120 valence electrons. The number of carbonyl (C=O) groups is 1. The molecule has 4 heteroatoms. The van der Waals surface area contributed by atoms with Gasteiger partial charge in [-0.2, -0.15) is 0 Å². The van der Waals surface area contributed by atoms with Crippen LogP contribution in [0.3, 0.4) is 0 Å². The number of carbonyl (C=O) groups excluding carboxylic acids is 1. The summed E-state index contributed by atoms with van der Waals surface area (Å²) in [5, 5.41) is 0.522. The van der Waals surface area contributed by atoms with Crippen LogP contribution in [0.1, 0.15) is 19.8 Å². The number of benzene rings is 2. The molecule has 0 radical (unpaired) electrons. The zero-order valence-corrected chi connectivity index (χ0v) is 13.9. The van der Waals surface area contributed by atoms with Gasteiger partial charge in [0.1, 0.15) is 5.75 Å². The number of halogens is 1. The van der Waals surface area contributed by atoms with Crippen molar-refractivity contribution in [2.45, 2.75) is 25.8 Å². The smallest absolute Gasteiger partial charge is 0.260 e. The first-order chi connectivity index (χ1) is 11.2. The van der Waals surface area contributed by atoms with E-state index in [2.05, 4.69) is 0 Å². The average molecular weight is 330 g/mol. The standard InChI is InChI=1S/C19H20ClNO2/c1-2-21(16-9-10-16)19(22)13-23-18-11-8-15(12-17(18)20)14-6-4-3-5-7-14/h3-8,11-12,16H,2,9-10,13H2,1H3. The van der Waals surface area contributed by atoms with Crippen LogP contribution in [-0.4, -0.2) is 30.0 Å². The summed E-state index contributed by atoms with van der Waals surface area (Å²) in [4.78, 5) is 14.1. The van der Waals surface area contributed by atoms with E-state index in [-0.39, 0.29) is 12.5 Å². The summed E-state index contributed by atoms with van der Waals surface area (Å²) in [6.07, 6.45) is 2.21. The van der Waals surface area contributed by atoms with E-state index < -0.39 is 0 Å². The summed E-state index contributed by atoms with van der Waals surface area (Å²) in [5.41, 5.74) is 2.13. The minimum atomic E-state index is 0.0261. The van der Waals surface area contributed by atoms with Gasteiger partial charge in [-0.15, -0.1) is 0 Å². The summed E-state index contributed by atoms with van der Waals surface area (Å²) < 4.78 is 5.63. The van der Waals surface area contributed by atoms with E-state index in [1.807, 2.05) is 60.4 Å². The lowest BCUT2D eigenvalue weighted by Gasteiger charge is -2.20. The maximum Gasteiger partial charge on any atom is 0.260 e. The first-order valence-electron chi connectivity index (χ1n) is 7.96. The van der Waals surface area contributed by atoms with Crippen molar-refractivity contribution in [2.75, 3.05) is 13.2 Å². The first kappa shape index (κ1) is 15.9. The zero-order valence-electron chi connectivity index (χ0n) is 13.2. The summed E-state index contributed by atoms with van der Waals surface area (Å²) in [5.74, 6) is 0.574. The molecule has 0 N–H and O–H groups in total. The van der Waals surface area contributed by atoms with Gasteiger partial charge in [0.15, 0.2) is 6.61 Å². The van der Waals surface area contributed by atoms with Crippen LogP contribution in [0.4, 0.5) is 0 Å². The molecule has 3 rings (SSSR count). The molecule has 3 nitrogen and oxygen atoms in total. The van der Waals surface area contributed by atoms with Crippen LogP contribution in [0.2, 0.25) is 5.02 Å². The molecule has 2 aromatic rings. The lowest BCUT2D eigenvalue weighted by Crippen LogP contribution is -2.36. The van der Waals surface area contributed by atoms with E-state index in [4.69, 9.17) is 16.3 Å². The Hall–Kier alpha value is -2.00. The highest BCUT2D eigenvalue weighted by molar-refractivity contribution is 6.32. The van der Waals surface area contributed by atoms with E-state index in [9.17, 15) is 4.79 Å². The summed E-state index contributed by atoms with van der Waals surface area (Å²) in [7, 11) is 0. The van der Waals surface area contributed by atoms with Crippen LogP contribution in [0.5, 0.6) is 5.75 Å². The minimum absolute atomic E-state index is 0.0261. The molecule has 1 aliphatic rings. The van der Waals surface area contributed by atoms with Gasteiger partial charge in [-0.25, -0.2) is 0 Å². The van der Waals surface area contributed by atoms with Crippen molar-refractivity contribution < 1.29 is 9.53 Å². The topological polar surface area (TPSA) is 29.5 Å². The highest BCUT2D eigenvalue weighted by atomic mass is 35.5. The van der Waals surface area contributed by atoms with Gasteiger partial charge in [-0.05, 0) is 43.0 Å². The maximum atomic E-state index is 12.2. The van der Waals surface area contributed by atoms with Gasteiger partial charge in [-0.1, -0.05) is 48.0 Å². The van der Waals surface area contributed by atoms with E-state index in [1.54, 1.807) is 0 Å². The molecular formula is C19H20ClNO2. The van der Waals surface area contributed by atoms with Crippen LogP contribution in [0.15, 0.2) is 48.5 Å². The molecule has 0 aromatic heterocycles. The monoisotopic (exact) mass is 329 g/mol. The maximum absolute atomic E-state index is 12.2. The number of nitrogens with zero attached hydrogens (tertiary/aromatic N) is 1. The van der Waals surface area contributed by atoms with Crippen molar-refractivity contribution in [2.24, 2.45) is 0 Å². The average Bonchev–Trinajstić information content (AvgIpc) is 3.40. The quantitative estimate of drug-likeness (QED) is 0.786. The van der Waals surface area contributed by atoms with Crippen LogP contribution in [0.25, 0.3) is 11.1 Å². The summed E-state index contributed by atoms with van der Waals surface area (Å²) >= 11 is 6.30. The molecule has 2 aromatic carbocycles.